The van der Waals surface area contributed by atoms with E-state index in [0.29, 0.717) is 11.5 Å². The highest BCUT2D eigenvalue weighted by Gasteiger charge is 2.06. The molecule has 2 aromatic carbocycles. The zero-order chi connectivity index (χ0) is 14.5. The Labute approximate surface area is 117 Å². The molecule has 0 spiro atoms. The molecular weight excluding hydrogens is 255 g/mol. The van der Waals surface area contributed by atoms with Crippen LogP contribution in [-0.4, -0.2) is 0 Å². The summed E-state index contributed by atoms with van der Waals surface area (Å²) in [6.45, 7) is 2.02. The second-order valence-corrected chi connectivity index (χ2v) is 4.44. The van der Waals surface area contributed by atoms with Crippen molar-refractivity contribution in [3.05, 3.63) is 59.4 Å². The van der Waals surface area contributed by atoms with Crippen molar-refractivity contribution in [1.82, 2.24) is 0 Å². The van der Waals surface area contributed by atoms with Crippen molar-refractivity contribution in [2.24, 2.45) is 5.73 Å². The maximum absolute atomic E-state index is 13.4. The van der Waals surface area contributed by atoms with Crippen molar-refractivity contribution in [3.63, 3.8) is 0 Å². The van der Waals surface area contributed by atoms with E-state index in [1.54, 1.807) is 24.3 Å². The van der Waals surface area contributed by atoms with E-state index >= 15 is 0 Å². The molecule has 20 heavy (non-hydrogen) atoms. The maximum atomic E-state index is 13.4. The van der Waals surface area contributed by atoms with Gasteiger partial charge in [0.05, 0.1) is 5.56 Å². The lowest BCUT2D eigenvalue weighted by atomic mass is 10.1. The number of rotatable bonds is 4. The highest BCUT2D eigenvalue weighted by atomic mass is 19.1. The Morgan fingerprint density at radius 1 is 1.20 bits per heavy atom. The highest BCUT2D eigenvalue weighted by Crippen LogP contribution is 2.25. The molecule has 4 heteroatoms. The van der Waals surface area contributed by atoms with Crippen LogP contribution in [0.1, 0.15) is 30.5 Å². The van der Waals surface area contributed by atoms with Gasteiger partial charge in [-0.2, -0.15) is 5.26 Å². The normalized spacial score (nSPS) is 11.7. The molecule has 0 aromatic heterocycles. The van der Waals surface area contributed by atoms with E-state index in [-0.39, 0.29) is 11.6 Å². The van der Waals surface area contributed by atoms with E-state index in [4.69, 9.17) is 15.7 Å². The zero-order valence-electron chi connectivity index (χ0n) is 11.1. The van der Waals surface area contributed by atoms with Gasteiger partial charge >= 0.3 is 0 Å². The number of nitrogens with two attached hydrogens (primary N) is 1. The molecule has 102 valence electrons. The third kappa shape index (κ3) is 3.14. The molecule has 1 atom stereocenters. The first-order chi connectivity index (χ1) is 9.63. The Balaban J connectivity index is 2.14. The van der Waals surface area contributed by atoms with E-state index in [1.807, 2.05) is 19.1 Å². The van der Waals surface area contributed by atoms with Crippen molar-refractivity contribution in [2.75, 3.05) is 0 Å². The van der Waals surface area contributed by atoms with Crippen molar-refractivity contribution in [1.29, 1.82) is 5.26 Å². The van der Waals surface area contributed by atoms with Crippen molar-refractivity contribution < 1.29 is 9.13 Å². The molecule has 2 aromatic rings. The number of hydrogen-bond donors (Lipinski definition) is 1. The van der Waals surface area contributed by atoms with Gasteiger partial charge in [0.2, 0.25) is 0 Å². The molecule has 0 bridgehead atoms. The standard InChI is InChI=1S/C16H15FN2O/c1-2-16(19)11-3-6-13(7-4-11)20-14-8-5-12(10-18)15(17)9-14/h3-9,16H,2,19H2,1H3/t16-/m1/s1. The zero-order valence-corrected chi connectivity index (χ0v) is 11.1. The minimum absolute atomic E-state index is 0.00150. The van der Waals surface area contributed by atoms with Gasteiger partial charge in [-0.05, 0) is 36.2 Å². The summed E-state index contributed by atoms with van der Waals surface area (Å²) in [5.74, 6) is 0.366. The molecule has 0 fully saturated rings. The van der Waals surface area contributed by atoms with Crippen LogP contribution in [0.25, 0.3) is 0 Å². The summed E-state index contributed by atoms with van der Waals surface area (Å²) in [5, 5.41) is 8.66. The van der Waals surface area contributed by atoms with Gasteiger partial charge in [-0.25, -0.2) is 4.39 Å². The number of benzene rings is 2. The van der Waals surface area contributed by atoms with Crippen molar-refractivity contribution in [2.45, 2.75) is 19.4 Å². The largest absolute Gasteiger partial charge is 0.457 e. The van der Waals surface area contributed by atoms with Crippen LogP contribution >= 0.6 is 0 Å². The smallest absolute Gasteiger partial charge is 0.144 e. The molecule has 0 amide bonds. The summed E-state index contributed by atoms with van der Waals surface area (Å²) in [6.07, 6.45) is 0.862. The Morgan fingerprint density at radius 3 is 2.40 bits per heavy atom. The summed E-state index contributed by atoms with van der Waals surface area (Å²) in [7, 11) is 0. The summed E-state index contributed by atoms with van der Waals surface area (Å²) < 4.78 is 19.0. The molecule has 0 aliphatic rings. The number of nitrogens with zero attached hydrogens (tertiary/aromatic N) is 1. The van der Waals surface area contributed by atoms with E-state index in [0.717, 1.165) is 12.0 Å². The van der Waals surface area contributed by atoms with Crippen molar-refractivity contribution in [3.8, 4) is 17.6 Å². The predicted molar refractivity (Wildman–Crippen MR) is 74.9 cm³/mol. The van der Waals surface area contributed by atoms with Gasteiger partial charge in [0.15, 0.2) is 0 Å². The van der Waals surface area contributed by atoms with E-state index in [2.05, 4.69) is 0 Å². The second-order valence-electron chi connectivity index (χ2n) is 4.44. The van der Waals surface area contributed by atoms with Gasteiger partial charge in [0.1, 0.15) is 23.4 Å². The summed E-state index contributed by atoms with van der Waals surface area (Å²) >= 11 is 0. The van der Waals surface area contributed by atoms with Crippen molar-refractivity contribution >= 4 is 0 Å². The molecule has 0 radical (unpaired) electrons. The quantitative estimate of drug-likeness (QED) is 0.916. The van der Waals surface area contributed by atoms with Gasteiger partial charge < -0.3 is 10.5 Å². The lowest BCUT2D eigenvalue weighted by Gasteiger charge is -2.10. The van der Waals surface area contributed by atoms with Gasteiger partial charge in [0, 0.05) is 12.1 Å². The number of nitriles is 1. The van der Waals surface area contributed by atoms with E-state index < -0.39 is 5.82 Å². The topological polar surface area (TPSA) is 59.0 Å². The molecule has 0 saturated carbocycles. The lowest BCUT2D eigenvalue weighted by Crippen LogP contribution is -2.07. The minimum Gasteiger partial charge on any atom is -0.457 e. The molecule has 0 unspecified atom stereocenters. The fraction of sp³-hybridized carbons (Fsp3) is 0.188. The molecular formula is C16H15FN2O. The average Bonchev–Trinajstić information content (AvgIpc) is 2.47. The fourth-order valence-electron chi connectivity index (χ4n) is 1.80. The number of ether oxygens (including phenoxy) is 1. The van der Waals surface area contributed by atoms with Crippen LogP contribution in [0.3, 0.4) is 0 Å². The first-order valence-electron chi connectivity index (χ1n) is 6.37. The summed E-state index contributed by atoms with van der Waals surface area (Å²) in [4.78, 5) is 0. The third-order valence-electron chi connectivity index (χ3n) is 3.04. The maximum Gasteiger partial charge on any atom is 0.144 e. The van der Waals surface area contributed by atoms with Crippen LogP contribution in [0.4, 0.5) is 4.39 Å². The highest BCUT2D eigenvalue weighted by molar-refractivity contribution is 5.39. The molecule has 0 saturated heterocycles. The second kappa shape index (κ2) is 6.18. The lowest BCUT2D eigenvalue weighted by molar-refractivity contribution is 0.476. The minimum atomic E-state index is -0.588. The molecule has 3 nitrogen and oxygen atoms in total. The van der Waals surface area contributed by atoms with Crippen LogP contribution < -0.4 is 10.5 Å². The fourth-order valence-corrected chi connectivity index (χ4v) is 1.80. The number of hydrogen-bond acceptors (Lipinski definition) is 3. The molecule has 0 aliphatic carbocycles. The summed E-state index contributed by atoms with van der Waals surface area (Å²) in [5.41, 5.74) is 6.96. The monoisotopic (exact) mass is 270 g/mol. The van der Waals surface area contributed by atoms with Crippen LogP contribution in [0, 0.1) is 17.1 Å². The van der Waals surface area contributed by atoms with E-state index in [1.165, 1.54) is 12.1 Å². The molecule has 2 N–H and O–H groups in total. The SMILES string of the molecule is CC[C@@H](N)c1ccc(Oc2ccc(C#N)c(F)c2)cc1. The first-order valence-corrected chi connectivity index (χ1v) is 6.37. The van der Waals surface area contributed by atoms with Crippen LogP contribution in [-0.2, 0) is 0 Å². The van der Waals surface area contributed by atoms with Gasteiger partial charge in [-0.3, -0.25) is 0 Å². The molecule has 0 aliphatic heterocycles. The molecule has 0 heterocycles. The number of halogens is 1. The molecule has 2 rings (SSSR count). The Hall–Kier alpha value is -2.38. The van der Waals surface area contributed by atoms with Crippen LogP contribution in [0.5, 0.6) is 11.5 Å². The summed E-state index contributed by atoms with van der Waals surface area (Å²) in [6, 6.07) is 13.3. The van der Waals surface area contributed by atoms with Gasteiger partial charge in [-0.15, -0.1) is 0 Å². The van der Waals surface area contributed by atoms with Crippen LogP contribution in [0.2, 0.25) is 0 Å². The van der Waals surface area contributed by atoms with Gasteiger partial charge in [0.25, 0.3) is 0 Å². The Bertz CT molecular complexity index is 632. The third-order valence-corrected chi connectivity index (χ3v) is 3.04. The van der Waals surface area contributed by atoms with Crippen LogP contribution in [0.15, 0.2) is 42.5 Å². The van der Waals surface area contributed by atoms with E-state index in [9.17, 15) is 4.39 Å². The van der Waals surface area contributed by atoms with Gasteiger partial charge in [-0.1, -0.05) is 19.1 Å². The average molecular weight is 270 g/mol. The Morgan fingerprint density at radius 2 is 1.85 bits per heavy atom. The first kappa shape index (κ1) is 14.0. The Kier molecular flexibility index (Phi) is 4.34. The predicted octanol–water partition coefficient (Wildman–Crippen LogP) is 3.90.